The van der Waals surface area contributed by atoms with E-state index in [0.29, 0.717) is 55.2 Å². The van der Waals surface area contributed by atoms with Crippen LogP contribution >= 0.6 is 0 Å². The van der Waals surface area contributed by atoms with Crippen LogP contribution in [0.5, 0.6) is 11.5 Å². The largest absolute Gasteiger partial charge is 0.453 e. The highest BCUT2D eigenvalue weighted by Crippen LogP contribution is 2.55. The first-order valence-electron chi connectivity index (χ1n) is 21.2. The number of aromatic nitrogens is 4. The molecule has 65 heavy (non-hydrogen) atoms. The van der Waals surface area contributed by atoms with Crippen molar-refractivity contribution >= 4 is 61.1 Å². The number of fused-ring (bicyclic) bond motifs is 2. The zero-order valence-corrected chi connectivity index (χ0v) is 36.5. The number of benzene rings is 3. The SMILES string of the molecule is CCN(C)S(=O)(=O)Nc1ccc(F)c(Oc2ccc3ncn(C4CC5(CCN(C6CCN(c7cc8c(cc7F)c(N7CCC(=O)NC7=O)nn8C)CC6(F)F)CC5)C4)c(=O)c3c2)c1C#N. The molecule has 3 aromatic carbocycles. The monoisotopic (exact) mass is 919 g/mol. The number of halogens is 4. The number of imide groups is 1. The molecule has 9 rings (SSSR count). The van der Waals surface area contributed by atoms with Gasteiger partial charge in [0.05, 0.1) is 46.7 Å². The minimum Gasteiger partial charge on any atom is -0.453 e. The molecule has 4 aliphatic rings. The lowest BCUT2D eigenvalue weighted by molar-refractivity contribution is -0.120. The predicted molar refractivity (Wildman–Crippen MR) is 231 cm³/mol. The van der Waals surface area contributed by atoms with Gasteiger partial charge >= 0.3 is 16.2 Å². The van der Waals surface area contributed by atoms with Gasteiger partial charge in [-0.2, -0.15) is 23.1 Å². The van der Waals surface area contributed by atoms with E-state index >= 15 is 17.6 Å². The molecule has 1 unspecified atom stereocenters. The van der Waals surface area contributed by atoms with Gasteiger partial charge in [-0.05, 0) is 93.1 Å². The molecule has 1 atom stereocenters. The highest BCUT2D eigenvalue weighted by atomic mass is 32.2. The second-order valence-corrected chi connectivity index (χ2v) is 19.1. The molecule has 3 saturated heterocycles. The summed E-state index contributed by atoms with van der Waals surface area (Å²) in [6.07, 6.45) is 4.24. The second-order valence-electron chi connectivity index (χ2n) is 17.3. The average Bonchev–Trinajstić information content (AvgIpc) is 3.57. The highest BCUT2D eigenvalue weighted by molar-refractivity contribution is 7.90. The Labute approximate surface area is 370 Å². The van der Waals surface area contributed by atoms with E-state index in [1.54, 1.807) is 18.5 Å². The van der Waals surface area contributed by atoms with Gasteiger partial charge in [0.1, 0.15) is 23.2 Å². The van der Waals surface area contributed by atoms with Crippen LogP contribution in [0.2, 0.25) is 0 Å². The Balaban J connectivity index is 0.844. The lowest BCUT2D eigenvalue weighted by Gasteiger charge is -2.54. The van der Waals surface area contributed by atoms with E-state index < -0.39 is 58.0 Å². The molecule has 3 aliphatic heterocycles. The quantitative estimate of drug-likeness (QED) is 0.166. The van der Waals surface area contributed by atoms with Crippen LogP contribution in [0.3, 0.4) is 0 Å². The molecule has 5 aromatic rings. The molecule has 342 valence electrons. The van der Waals surface area contributed by atoms with Crippen molar-refractivity contribution in [3.63, 3.8) is 0 Å². The fourth-order valence-corrected chi connectivity index (χ4v) is 10.6. The third-order valence-electron chi connectivity index (χ3n) is 13.4. The summed E-state index contributed by atoms with van der Waals surface area (Å²) < 4.78 is 100. The third kappa shape index (κ3) is 7.88. The van der Waals surface area contributed by atoms with Crippen LogP contribution in [0.25, 0.3) is 21.8 Å². The van der Waals surface area contributed by atoms with Crippen molar-refractivity contribution in [2.45, 2.75) is 63.5 Å². The lowest BCUT2D eigenvalue weighted by atomic mass is 9.60. The fraction of sp³-hybridized carbons (Fsp3) is 0.442. The molecule has 2 N–H and O–H groups in total. The number of ether oxygens (including phenoxy) is 1. The molecule has 17 nitrogen and oxygen atoms in total. The zero-order valence-electron chi connectivity index (χ0n) is 35.7. The van der Waals surface area contributed by atoms with Gasteiger partial charge in [0, 0.05) is 51.6 Å². The number of amides is 3. The Hall–Kier alpha value is -6.31. The van der Waals surface area contributed by atoms with E-state index in [4.69, 9.17) is 4.74 Å². The summed E-state index contributed by atoms with van der Waals surface area (Å²) in [5, 5.41) is 17.0. The molecular formula is C43H45F4N11O6S. The normalized spacial score (nSPS) is 20.3. The number of hydrogen-bond acceptors (Lipinski definition) is 11. The van der Waals surface area contributed by atoms with Crippen LogP contribution in [0.1, 0.15) is 57.1 Å². The number of urea groups is 1. The number of rotatable bonds is 10. The van der Waals surface area contributed by atoms with Crippen molar-refractivity contribution in [3.8, 4) is 17.6 Å². The number of piperidine rings is 2. The first-order chi connectivity index (χ1) is 30.9. The summed E-state index contributed by atoms with van der Waals surface area (Å²) in [4.78, 5) is 47.0. The smallest absolute Gasteiger partial charge is 0.329 e. The summed E-state index contributed by atoms with van der Waals surface area (Å²) in [5.41, 5.74) is -0.267. The Morgan fingerprint density at radius 3 is 2.46 bits per heavy atom. The van der Waals surface area contributed by atoms with Crippen LogP contribution < -0.4 is 30.1 Å². The van der Waals surface area contributed by atoms with Gasteiger partial charge in [0.15, 0.2) is 17.4 Å². The number of carbonyl (C=O) groups is 2. The summed E-state index contributed by atoms with van der Waals surface area (Å²) in [6, 6.07) is 9.05. The van der Waals surface area contributed by atoms with Gasteiger partial charge in [0.25, 0.3) is 11.5 Å². The van der Waals surface area contributed by atoms with Gasteiger partial charge in [0.2, 0.25) is 5.91 Å². The average molecular weight is 920 g/mol. The fourth-order valence-electron chi connectivity index (χ4n) is 9.69. The molecule has 0 radical (unpaired) electrons. The van der Waals surface area contributed by atoms with E-state index in [0.717, 1.165) is 16.4 Å². The summed E-state index contributed by atoms with van der Waals surface area (Å²) >= 11 is 0. The molecule has 1 aliphatic carbocycles. The van der Waals surface area contributed by atoms with Crippen molar-refractivity contribution in [2.24, 2.45) is 12.5 Å². The van der Waals surface area contributed by atoms with Crippen LogP contribution in [0.15, 0.2) is 53.6 Å². The third-order valence-corrected chi connectivity index (χ3v) is 15.0. The number of alkyl halides is 2. The number of aryl methyl sites for hydroxylation is 1. The highest BCUT2D eigenvalue weighted by Gasteiger charge is 2.52. The predicted octanol–water partition coefficient (Wildman–Crippen LogP) is 5.61. The van der Waals surface area contributed by atoms with Crippen molar-refractivity contribution in [1.82, 2.24) is 33.9 Å². The number of hydrogen-bond donors (Lipinski definition) is 2. The van der Waals surface area contributed by atoms with E-state index in [-0.39, 0.29) is 83.4 Å². The molecule has 3 amide bonds. The Bertz CT molecular complexity index is 2980. The molecule has 1 saturated carbocycles. The van der Waals surface area contributed by atoms with Gasteiger partial charge in [-0.1, -0.05) is 6.92 Å². The minimum absolute atomic E-state index is 0.0131. The first kappa shape index (κ1) is 43.9. The maximum atomic E-state index is 16.1. The summed E-state index contributed by atoms with van der Waals surface area (Å²) in [7, 11) is -1.09. The number of carbonyl (C=O) groups excluding carboxylic acids is 2. The van der Waals surface area contributed by atoms with Crippen LogP contribution in [-0.2, 0) is 22.1 Å². The summed E-state index contributed by atoms with van der Waals surface area (Å²) in [6.45, 7) is 2.22. The van der Waals surface area contributed by atoms with Gasteiger partial charge in [-0.25, -0.2) is 27.3 Å². The standard InChI is InChI=1S/C43H45F4N11O6S/c1-4-53(2)65(62,63)52-33-8-6-30(44)38(29(33)22-48)64-26-5-7-32-27(17-26)40(60)58(24-49-32)25-20-42(21-25)11-15-55(16-12-42)36-9-13-56(23-43(36,46)47)35-19-34-28(18-31(35)45)39(51-54(34)3)57-14-10-37(59)50-41(57)61/h5-8,17-19,24-25,36,52H,4,9-16,20-21,23H2,1-3H3,(H,50,59,61). The van der Waals surface area contributed by atoms with Gasteiger partial charge in [-0.15, -0.1) is 0 Å². The van der Waals surface area contributed by atoms with E-state index in [1.807, 2.05) is 11.0 Å². The van der Waals surface area contributed by atoms with Gasteiger partial charge in [-0.3, -0.25) is 38.7 Å². The first-order valence-corrected chi connectivity index (χ1v) is 22.6. The molecule has 0 bridgehead atoms. The maximum Gasteiger partial charge on any atom is 0.329 e. The maximum absolute atomic E-state index is 16.1. The van der Waals surface area contributed by atoms with E-state index in [1.165, 1.54) is 58.2 Å². The second kappa shape index (κ2) is 16.3. The molecule has 22 heteroatoms. The molecule has 1 spiro atoms. The lowest BCUT2D eigenvalue weighted by Crippen LogP contribution is -2.61. The van der Waals surface area contributed by atoms with Crippen molar-refractivity contribution in [3.05, 3.63) is 76.3 Å². The summed E-state index contributed by atoms with van der Waals surface area (Å²) in [5.74, 6) is -5.56. The number of anilines is 3. The topological polar surface area (TPSA) is 191 Å². The van der Waals surface area contributed by atoms with E-state index in [9.17, 15) is 28.1 Å². The molecular weight excluding hydrogens is 875 g/mol. The van der Waals surface area contributed by atoms with E-state index in [2.05, 4.69) is 20.1 Å². The zero-order chi connectivity index (χ0) is 46.2. The minimum atomic E-state index is -4.05. The molecule has 4 fully saturated rings. The van der Waals surface area contributed by atoms with Crippen molar-refractivity contribution < 1.29 is 40.3 Å². The Kier molecular flexibility index (Phi) is 11.0. The van der Waals surface area contributed by atoms with Gasteiger partial charge < -0.3 is 9.64 Å². The van der Waals surface area contributed by atoms with Crippen LogP contribution in [0.4, 0.5) is 39.5 Å². The number of nitrogens with zero attached hydrogens (tertiary/aromatic N) is 9. The van der Waals surface area contributed by atoms with Crippen LogP contribution in [-0.4, -0.2) is 107 Å². The Morgan fingerprint density at radius 2 is 1.77 bits per heavy atom. The Morgan fingerprint density at radius 1 is 1.02 bits per heavy atom. The molecule has 2 aromatic heterocycles. The number of likely N-dealkylation sites (tertiary alicyclic amines) is 1. The number of nitrogens with one attached hydrogen (secondary N) is 2. The van der Waals surface area contributed by atoms with Crippen LogP contribution in [0, 0.1) is 28.4 Å². The molecule has 5 heterocycles. The van der Waals surface area contributed by atoms with Crippen molar-refractivity contribution in [1.29, 1.82) is 5.26 Å². The number of nitriles is 1. The van der Waals surface area contributed by atoms with Crippen molar-refractivity contribution in [2.75, 3.05) is 60.8 Å².